The minimum absolute atomic E-state index is 0.591. The number of hydrogen-bond donors (Lipinski definition) is 0. The van der Waals surface area contributed by atoms with Crippen molar-refractivity contribution in [3.05, 3.63) is 29.8 Å². The first-order chi connectivity index (χ1) is 9.33. The number of methoxy groups -OCH3 is 1. The third-order valence-electron chi connectivity index (χ3n) is 3.33. The molecule has 1 unspecified atom stereocenters. The van der Waals surface area contributed by atoms with Crippen LogP contribution < -0.4 is 0 Å². The third kappa shape index (κ3) is 4.24. The second-order valence-corrected chi connectivity index (χ2v) is 6.10. The zero-order chi connectivity index (χ0) is 13.5. The molecule has 0 bridgehead atoms. The van der Waals surface area contributed by atoms with Crippen molar-refractivity contribution >= 4 is 11.8 Å². The van der Waals surface area contributed by atoms with E-state index >= 15 is 0 Å². The van der Waals surface area contributed by atoms with Crippen LogP contribution in [0.3, 0.4) is 0 Å². The Hall–Kier alpha value is -1.02. The molecule has 0 aromatic heterocycles. The monoisotopic (exact) mass is 276 g/mol. The summed E-state index contributed by atoms with van der Waals surface area (Å²) in [5.74, 6) is 0. The van der Waals surface area contributed by atoms with Gasteiger partial charge in [0, 0.05) is 43.3 Å². The first-order valence-electron chi connectivity index (χ1n) is 6.66. The van der Waals surface area contributed by atoms with Crippen LogP contribution in [0.4, 0.5) is 0 Å². The summed E-state index contributed by atoms with van der Waals surface area (Å²) < 4.78 is 5.15. The van der Waals surface area contributed by atoms with Crippen LogP contribution in [0, 0.1) is 11.3 Å². The molecule has 4 heteroatoms. The third-order valence-corrected chi connectivity index (χ3v) is 4.63. The number of ether oxygens (including phenoxy) is 1. The summed E-state index contributed by atoms with van der Waals surface area (Å²) in [5, 5.41) is 9.33. The summed E-state index contributed by atoms with van der Waals surface area (Å²) in [4.78, 5) is 3.76. The lowest BCUT2D eigenvalue weighted by molar-refractivity contribution is 0.149. The SMILES string of the molecule is COCCN(CCC#N)CC1Cc2ccccc2S1. The van der Waals surface area contributed by atoms with Gasteiger partial charge in [0.05, 0.1) is 12.7 Å². The second kappa shape index (κ2) is 7.54. The molecule has 0 N–H and O–H groups in total. The predicted octanol–water partition coefficient (Wildman–Crippen LogP) is 2.57. The Balaban J connectivity index is 1.87. The largest absolute Gasteiger partial charge is 0.383 e. The van der Waals surface area contributed by atoms with Crippen LogP contribution in [0.25, 0.3) is 0 Å². The molecular formula is C15H20N2OS. The molecule has 1 aromatic carbocycles. The van der Waals surface area contributed by atoms with Crippen molar-refractivity contribution in [2.75, 3.05) is 33.4 Å². The van der Waals surface area contributed by atoms with E-state index in [9.17, 15) is 0 Å². The van der Waals surface area contributed by atoms with Crippen LogP contribution in [0.5, 0.6) is 0 Å². The van der Waals surface area contributed by atoms with Gasteiger partial charge in [-0.05, 0) is 18.1 Å². The fourth-order valence-electron chi connectivity index (χ4n) is 2.37. The maximum atomic E-state index is 8.73. The molecule has 102 valence electrons. The molecule has 19 heavy (non-hydrogen) atoms. The van der Waals surface area contributed by atoms with Crippen LogP contribution in [0.2, 0.25) is 0 Å². The number of fused-ring (bicyclic) bond motifs is 1. The Labute approximate surface area is 119 Å². The number of benzene rings is 1. The van der Waals surface area contributed by atoms with Crippen LogP contribution in [0.1, 0.15) is 12.0 Å². The lowest BCUT2D eigenvalue weighted by Crippen LogP contribution is -2.34. The van der Waals surface area contributed by atoms with Gasteiger partial charge in [0.2, 0.25) is 0 Å². The maximum absolute atomic E-state index is 8.73. The molecule has 0 saturated carbocycles. The Morgan fingerprint density at radius 3 is 3.00 bits per heavy atom. The highest BCUT2D eigenvalue weighted by molar-refractivity contribution is 8.00. The average molecular weight is 276 g/mol. The normalized spacial score (nSPS) is 17.4. The van der Waals surface area contributed by atoms with Crippen molar-refractivity contribution < 1.29 is 4.74 Å². The smallest absolute Gasteiger partial charge is 0.0635 e. The molecule has 1 atom stereocenters. The summed E-state index contributed by atoms with van der Waals surface area (Å²) >= 11 is 1.97. The Morgan fingerprint density at radius 2 is 2.26 bits per heavy atom. The lowest BCUT2D eigenvalue weighted by Gasteiger charge is -2.23. The quantitative estimate of drug-likeness (QED) is 0.767. The number of thioether (sulfide) groups is 1. The molecular weight excluding hydrogens is 256 g/mol. The number of nitrogens with zero attached hydrogens (tertiary/aromatic N) is 2. The number of hydrogen-bond acceptors (Lipinski definition) is 4. The van der Waals surface area contributed by atoms with E-state index in [-0.39, 0.29) is 0 Å². The first-order valence-corrected chi connectivity index (χ1v) is 7.54. The van der Waals surface area contributed by atoms with Gasteiger partial charge in [-0.1, -0.05) is 18.2 Å². The summed E-state index contributed by atoms with van der Waals surface area (Å²) in [7, 11) is 1.72. The van der Waals surface area contributed by atoms with Gasteiger partial charge in [0.25, 0.3) is 0 Å². The molecule has 0 saturated heterocycles. The summed E-state index contributed by atoms with van der Waals surface area (Å²) in [5.41, 5.74) is 1.46. The minimum Gasteiger partial charge on any atom is -0.383 e. The van der Waals surface area contributed by atoms with Gasteiger partial charge >= 0.3 is 0 Å². The van der Waals surface area contributed by atoms with Gasteiger partial charge in [-0.2, -0.15) is 5.26 Å². The standard InChI is InChI=1S/C15H20N2OS/c1-18-10-9-17(8-4-7-16)12-14-11-13-5-2-3-6-15(13)19-14/h2-3,5-6,14H,4,8-12H2,1H3. The van der Waals surface area contributed by atoms with Crippen LogP contribution >= 0.6 is 11.8 Å². The van der Waals surface area contributed by atoms with E-state index in [1.807, 2.05) is 11.8 Å². The molecule has 0 aliphatic carbocycles. The van der Waals surface area contributed by atoms with Crippen molar-refractivity contribution in [2.24, 2.45) is 0 Å². The van der Waals surface area contributed by atoms with Crippen molar-refractivity contribution in [1.29, 1.82) is 5.26 Å². The van der Waals surface area contributed by atoms with E-state index < -0.39 is 0 Å². The van der Waals surface area contributed by atoms with Crippen molar-refractivity contribution in [3.63, 3.8) is 0 Å². The van der Waals surface area contributed by atoms with Crippen molar-refractivity contribution in [2.45, 2.75) is 23.0 Å². The van der Waals surface area contributed by atoms with Gasteiger partial charge in [0.15, 0.2) is 0 Å². The number of rotatable bonds is 7. The second-order valence-electron chi connectivity index (χ2n) is 4.75. The molecule has 1 aromatic rings. The van der Waals surface area contributed by atoms with Crippen LogP contribution in [-0.2, 0) is 11.2 Å². The Kier molecular flexibility index (Phi) is 5.71. The molecule has 3 nitrogen and oxygen atoms in total. The van der Waals surface area contributed by atoms with Gasteiger partial charge in [-0.3, -0.25) is 4.90 Å². The highest BCUT2D eigenvalue weighted by atomic mass is 32.2. The molecule has 0 fully saturated rings. The average Bonchev–Trinajstić information content (AvgIpc) is 2.84. The summed E-state index contributed by atoms with van der Waals surface area (Å²) in [6, 6.07) is 10.9. The Bertz CT molecular complexity index is 419. The highest BCUT2D eigenvalue weighted by Crippen LogP contribution is 2.36. The molecule has 0 amide bonds. The predicted molar refractivity (Wildman–Crippen MR) is 78.3 cm³/mol. The van der Waals surface area contributed by atoms with Gasteiger partial charge < -0.3 is 4.74 Å². The van der Waals surface area contributed by atoms with E-state index in [1.54, 1.807) is 7.11 Å². The Morgan fingerprint density at radius 1 is 1.42 bits per heavy atom. The van der Waals surface area contributed by atoms with Crippen LogP contribution in [0.15, 0.2) is 29.2 Å². The zero-order valence-corrected chi connectivity index (χ0v) is 12.2. The molecule has 1 aliphatic heterocycles. The zero-order valence-electron chi connectivity index (χ0n) is 11.3. The summed E-state index contributed by atoms with van der Waals surface area (Å²) in [6.45, 7) is 3.51. The van der Waals surface area contributed by atoms with E-state index in [2.05, 4.69) is 35.2 Å². The van der Waals surface area contributed by atoms with Crippen molar-refractivity contribution in [1.82, 2.24) is 4.90 Å². The van der Waals surface area contributed by atoms with Crippen LogP contribution in [-0.4, -0.2) is 43.5 Å². The first kappa shape index (κ1) is 14.4. The lowest BCUT2D eigenvalue weighted by atomic mass is 10.1. The topological polar surface area (TPSA) is 36.3 Å². The fraction of sp³-hybridized carbons (Fsp3) is 0.533. The highest BCUT2D eigenvalue weighted by Gasteiger charge is 2.23. The molecule has 1 heterocycles. The van der Waals surface area contributed by atoms with E-state index in [0.29, 0.717) is 11.7 Å². The summed E-state index contributed by atoms with van der Waals surface area (Å²) in [6.07, 6.45) is 1.73. The van der Waals surface area contributed by atoms with Gasteiger partial charge in [0.1, 0.15) is 0 Å². The molecule has 0 radical (unpaired) electrons. The molecule has 1 aliphatic rings. The fourth-order valence-corrected chi connectivity index (χ4v) is 3.73. The van der Waals surface area contributed by atoms with Crippen molar-refractivity contribution in [3.8, 4) is 6.07 Å². The maximum Gasteiger partial charge on any atom is 0.0635 e. The van der Waals surface area contributed by atoms with Gasteiger partial charge in [-0.15, -0.1) is 11.8 Å². The van der Waals surface area contributed by atoms with E-state index in [0.717, 1.165) is 32.7 Å². The van der Waals surface area contributed by atoms with E-state index in [1.165, 1.54) is 10.5 Å². The molecule has 2 rings (SSSR count). The van der Waals surface area contributed by atoms with E-state index in [4.69, 9.17) is 10.00 Å². The molecule has 0 spiro atoms. The number of nitriles is 1. The van der Waals surface area contributed by atoms with Gasteiger partial charge in [-0.25, -0.2) is 0 Å². The minimum atomic E-state index is 0.591.